The topological polar surface area (TPSA) is 43.4 Å². The lowest BCUT2D eigenvalue weighted by molar-refractivity contribution is -0.159. The first-order valence-electron chi connectivity index (χ1n) is 14.5. The second-order valence-corrected chi connectivity index (χ2v) is 12.0. The number of rotatable bonds is 11. The summed E-state index contributed by atoms with van der Waals surface area (Å²) in [4.78, 5) is 24.6. The summed E-state index contributed by atoms with van der Waals surface area (Å²) in [7, 11) is 0. The van der Waals surface area contributed by atoms with Crippen molar-refractivity contribution in [3.63, 3.8) is 0 Å². The van der Waals surface area contributed by atoms with Gasteiger partial charge in [0.05, 0.1) is 0 Å². The van der Waals surface area contributed by atoms with Crippen molar-refractivity contribution in [2.24, 2.45) is 29.1 Å². The van der Waals surface area contributed by atoms with Gasteiger partial charge in [0.2, 0.25) is 0 Å². The summed E-state index contributed by atoms with van der Waals surface area (Å²) < 4.78 is 6.16. The van der Waals surface area contributed by atoms with Crippen LogP contribution in [0.1, 0.15) is 129 Å². The summed E-state index contributed by atoms with van der Waals surface area (Å²) in [5, 5.41) is 0. The molecule has 0 amide bonds. The molecule has 3 heteroatoms. The molecule has 4 aliphatic carbocycles. The molecule has 0 N–H and O–H groups in total. The van der Waals surface area contributed by atoms with Gasteiger partial charge in [-0.25, -0.2) is 0 Å². The molecule has 0 spiro atoms. The van der Waals surface area contributed by atoms with Gasteiger partial charge in [-0.3, -0.25) is 9.59 Å². The first-order chi connectivity index (χ1) is 16.0. The van der Waals surface area contributed by atoms with Crippen molar-refractivity contribution in [1.29, 1.82) is 0 Å². The molecule has 186 valence electrons. The molecule has 3 nitrogen and oxygen atoms in total. The van der Waals surface area contributed by atoms with Gasteiger partial charge in [0.15, 0.2) is 5.78 Å². The number of hydrogen-bond acceptors (Lipinski definition) is 3. The van der Waals surface area contributed by atoms with Crippen LogP contribution in [0.25, 0.3) is 0 Å². The molecular weight excluding hydrogens is 408 g/mol. The van der Waals surface area contributed by atoms with Crippen LogP contribution in [0.3, 0.4) is 0 Å². The van der Waals surface area contributed by atoms with Crippen LogP contribution in [0.2, 0.25) is 0 Å². The molecule has 0 aromatic rings. The lowest BCUT2D eigenvalue weighted by atomic mass is 9.52. The maximum Gasteiger partial charge on any atom is 0.306 e. The van der Waals surface area contributed by atoms with Gasteiger partial charge in [0, 0.05) is 18.3 Å². The van der Waals surface area contributed by atoms with E-state index < -0.39 is 0 Å². The highest BCUT2D eigenvalue weighted by Crippen LogP contribution is 2.62. The molecule has 3 saturated carbocycles. The minimum absolute atomic E-state index is 0.0478. The predicted molar refractivity (Wildman–Crippen MR) is 134 cm³/mol. The number of unbranched alkanes of at least 4 members (excludes halogenated alkanes) is 8. The summed E-state index contributed by atoms with van der Waals surface area (Å²) in [5.41, 5.74) is 1.62. The van der Waals surface area contributed by atoms with Gasteiger partial charge < -0.3 is 4.74 Å². The molecule has 4 aliphatic rings. The summed E-state index contributed by atoms with van der Waals surface area (Å²) in [6.07, 6.45) is 23.1. The molecule has 0 unspecified atom stereocenters. The third kappa shape index (κ3) is 5.76. The second-order valence-electron chi connectivity index (χ2n) is 12.0. The Balaban J connectivity index is 1.20. The zero-order valence-electron chi connectivity index (χ0n) is 21.4. The summed E-state index contributed by atoms with van der Waals surface area (Å²) >= 11 is 0. The number of fused-ring (bicyclic) bond motifs is 5. The predicted octanol–water partition coefficient (Wildman–Crippen LogP) is 7.96. The SMILES string of the molecule is CCCCCCCCCCCC(=O)O[C@@H]1CC[C@@H]2[C@H]3CCC4=CC(=O)CC[C@H]4[C@@H]3CC[C@]21C. The first kappa shape index (κ1) is 25.0. The maximum absolute atomic E-state index is 12.7. The number of ether oxygens (including phenoxy) is 1. The van der Waals surface area contributed by atoms with Crippen molar-refractivity contribution in [3.8, 4) is 0 Å². The Hall–Kier alpha value is -1.12. The normalized spacial score (nSPS) is 35.4. The molecule has 4 rings (SSSR count). The van der Waals surface area contributed by atoms with E-state index in [1.165, 1.54) is 76.2 Å². The highest BCUT2D eigenvalue weighted by molar-refractivity contribution is 5.91. The van der Waals surface area contributed by atoms with Crippen molar-refractivity contribution >= 4 is 11.8 Å². The van der Waals surface area contributed by atoms with Gasteiger partial charge in [0.1, 0.15) is 6.10 Å². The molecule has 0 heterocycles. The van der Waals surface area contributed by atoms with E-state index in [0.717, 1.165) is 50.4 Å². The standard InChI is InChI=1S/C30H48O3/c1-3-4-5-6-7-8-9-10-11-12-29(32)33-28-18-17-27-26-15-13-22-21-23(31)14-16-24(22)25(26)19-20-30(27,28)2/h21,24-28H,3-20H2,1-2H3/t24-,25+,26+,27-,28-,30-/m1/s1. The highest BCUT2D eigenvalue weighted by Gasteiger charge is 2.57. The zero-order chi connectivity index (χ0) is 23.3. The van der Waals surface area contributed by atoms with Gasteiger partial charge in [-0.05, 0) is 81.1 Å². The minimum Gasteiger partial charge on any atom is -0.462 e. The Morgan fingerprint density at radius 1 is 0.909 bits per heavy atom. The number of ketones is 1. The average molecular weight is 457 g/mol. The monoisotopic (exact) mass is 456 g/mol. The van der Waals surface area contributed by atoms with E-state index in [9.17, 15) is 9.59 Å². The number of allylic oxidation sites excluding steroid dienone is 1. The Kier molecular flexibility index (Phi) is 8.74. The Morgan fingerprint density at radius 2 is 1.64 bits per heavy atom. The van der Waals surface area contributed by atoms with Crippen molar-refractivity contribution in [1.82, 2.24) is 0 Å². The van der Waals surface area contributed by atoms with E-state index in [1.807, 2.05) is 6.08 Å². The number of carbonyl (C=O) groups is 2. The van der Waals surface area contributed by atoms with Gasteiger partial charge in [0.25, 0.3) is 0 Å². The van der Waals surface area contributed by atoms with Crippen LogP contribution in [0.5, 0.6) is 0 Å². The Labute approximate surface area is 202 Å². The third-order valence-electron chi connectivity index (χ3n) is 9.97. The van der Waals surface area contributed by atoms with Crippen molar-refractivity contribution < 1.29 is 14.3 Å². The number of carbonyl (C=O) groups excluding carboxylic acids is 2. The van der Waals surface area contributed by atoms with Crippen LogP contribution < -0.4 is 0 Å². The van der Waals surface area contributed by atoms with Crippen molar-refractivity contribution in [2.45, 2.75) is 136 Å². The first-order valence-corrected chi connectivity index (χ1v) is 14.5. The fraction of sp³-hybridized carbons (Fsp3) is 0.867. The van der Waals surface area contributed by atoms with Crippen LogP contribution in [0.15, 0.2) is 11.6 Å². The third-order valence-corrected chi connectivity index (χ3v) is 9.97. The van der Waals surface area contributed by atoms with Crippen LogP contribution >= 0.6 is 0 Å². The summed E-state index contributed by atoms with van der Waals surface area (Å²) in [5.74, 6) is 3.26. The molecule has 3 fully saturated rings. The minimum atomic E-state index is 0.0478. The second kappa shape index (κ2) is 11.5. The van der Waals surface area contributed by atoms with E-state index in [2.05, 4.69) is 13.8 Å². The fourth-order valence-electron chi connectivity index (χ4n) is 8.12. The van der Waals surface area contributed by atoms with Crippen molar-refractivity contribution in [3.05, 3.63) is 11.6 Å². The summed E-state index contributed by atoms with van der Waals surface area (Å²) in [6.45, 7) is 4.69. The average Bonchev–Trinajstić information content (AvgIpc) is 3.13. The molecule has 33 heavy (non-hydrogen) atoms. The Bertz CT molecular complexity index is 709. The molecule has 0 bridgehead atoms. The number of esters is 1. The van der Waals surface area contributed by atoms with E-state index in [1.54, 1.807) is 0 Å². The van der Waals surface area contributed by atoms with E-state index in [-0.39, 0.29) is 17.5 Å². The maximum atomic E-state index is 12.7. The van der Waals surface area contributed by atoms with Gasteiger partial charge >= 0.3 is 5.97 Å². The molecular formula is C30H48O3. The van der Waals surface area contributed by atoms with Crippen LogP contribution in [0.4, 0.5) is 0 Å². The Morgan fingerprint density at radius 3 is 2.39 bits per heavy atom. The quantitative estimate of drug-likeness (QED) is 0.234. The van der Waals surface area contributed by atoms with E-state index in [0.29, 0.717) is 24.0 Å². The van der Waals surface area contributed by atoms with Crippen molar-refractivity contribution in [2.75, 3.05) is 0 Å². The number of hydrogen-bond donors (Lipinski definition) is 0. The van der Waals surface area contributed by atoms with Gasteiger partial charge in [-0.15, -0.1) is 0 Å². The lowest BCUT2D eigenvalue weighted by Gasteiger charge is -2.53. The molecule has 0 aromatic heterocycles. The molecule has 0 radical (unpaired) electrons. The highest BCUT2D eigenvalue weighted by atomic mass is 16.5. The van der Waals surface area contributed by atoms with Gasteiger partial charge in [-0.2, -0.15) is 0 Å². The van der Waals surface area contributed by atoms with Crippen LogP contribution in [-0.2, 0) is 14.3 Å². The largest absolute Gasteiger partial charge is 0.462 e. The van der Waals surface area contributed by atoms with Crippen LogP contribution in [-0.4, -0.2) is 17.9 Å². The fourth-order valence-corrected chi connectivity index (χ4v) is 8.12. The molecule has 6 atom stereocenters. The molecule has 0 aliphatic heterocycles. The van der Waals surface area contributed by atoms with E-state index in [4.69, 9.17) is 4.74 Å². The molecule has 0 saturated heterocycles. The lowest BCUT2D eigenvalue weighted by Crippen LogP contribution is -2.48. The van der Waals surface area contributed by atoms with Crippen LogP contribution in [0, 0.1) is 29.1 Å². The van der Waals surface area contributed by atoms with E-state index >= 15 is 0 Å². The van der Waals surface area contributed by atoms with Gasteiger partial charge in [-0.1, -0.05) is 70.8 Å². The molecule has 0 aromatic carbocycles. The zero-order valence-corrected chi connectivity index (χ0v) is 21.4. The summed E-state index contributed by atoms with van der Waals surface area (Å²) in [6, 6.07) is 0. The smallest absolute Gasteiger partial charge is 0.306 e.